The summed E-state index contributed by atoms with van der Waals surface area (Å²) in [5.74, 6) is -0.819. The second kappa shape index (κ2) is 7.89. The molecule has 0 saturated carbocycles. The van der Waals surface area contributed by atoms with Gasteiger partial charge in [-0.2, -0.15) is 0 Å². The van der Waals surface area contributed by atoms with Crippen molar-refractivity contribution in [1.29, 1.82) is 0 Å². The van der Waals surface area contributed by atoms with Gasteiger partial charge in [-0.15, -0.1) is 0 Å². The summed E-state index contributed by atoms with van der Waals surface area (Å²) in [6, 6.07) is 7.97. The summed E-state index contributed by atoms with van der Waals surface area (Å²) in [4.78, 5) is 24.4. The summed E-state index contributed by atoms with van der Waals surface area (Å²) < 4.78 is 10.7. The highest BCUT2D eigenvalue weighted by Gasteiger charge is 2.15. The zero-order chi connectivity index (χ0) is 20.4. The monoisotopic (exact) mass is 379 g/mol. The number of carbonyl (C=O) groups is 2. The van der Waals surface area contributed by atoms with Crippen LogP contribution in [0.4, 0.5) is 5.69 Å². The van der Waals surface area contributed by atoms with E-state index in [1.807, 2.05) is 58.9 Å². The molecule has 1 amide bonds. The topological polar surface area (TPSA) is 68.5 Å². The van der Waals surface area contributed by atoms with Gasteiger partial charge in [-0.05, 0) is 69.0 Å². The first-order valence-corrected chi connectivity index (χ1v) is 9.25. The lowest BCUT2D eigenvalue weighted by Gasteiger charge is -2.13. The van der Waals surface area contributed by atoms with Gasteiger partial charge in [0.05, 0.1) is 12.7 Å². The molecular weight excluding hydrogens is 354 g/mol. The van der Waals surface area contributed by atoms with Crippen LogP contribution < -0.4 is 5.32 Å². The first-order chi connectivity index (χ1) is 13.2. The molecular formula is C23H25NO4. The molecule has 0 aliphatic heterocycles. The molecule has 0 fully saturated rings. The van der Waals surface area contributed by atoms with Gasteiger partial charge in [0.25, 0.3) is 5.91 Å². The predicted molar refractivity (Wildman–Crippen MR) is 110 cm³/mol. The van der Waals surface area contributed by atoms with Gasteiger partial charge in [-0.3, -0.25) is 9.59 Å². The molecule has 146 valence electrons. The van der Waals surface area contributed by atoms with Gasteiger partial charge in [-0.1, -0.05) is 17.7 Å². The van der Waals surface area contributed by atoms with Crippen molar-refractivity contribution in [3.8, 4) is 0 Å². The fraction of sp³-hybridized carbons (Fsp3) is 0.304. The molecule has 3 rings (SSSR count). The van der Waals surface area contributed by atoms with E-state index in [0.29, 0.717) is 0 Å². The summed E-state index contributed by atoms with van der Waals surface area (Å²) in [5.41, 5.74) is 7.62. The SMILES string of the molecule is Cc1cc(C)c(NC(=O)COC(=O)Cc2coc3cc(C)c(C)cc23)c(C)c1. The molecule has 5 heteroatoms. The highest BCUT2D eigenvalue weighted by molar-refractivity contribution is 5.94. The van der Waals surface area contributed by atoms with Crippen molar-refractivity contribution in [2.45, 2.75) is 41.0 Å². The fourth-order valence-electron chi connectivity index (χ4n) is 3.38. The maximum Gasteiger partial charge on any atom is 0.310 e. The molecule has 0 aliphatic carbocycles. The number of furan rings is 1. The third kappa shape index (κ3) is 4.25. The number of benzene rings is 2. The molecule has 2 aromatic carbocycles. The number of anilines is 1. The van der Waals surface area contributed by atoms with Crippen molar-refractivity contribution >= 4 is 28.5 Å². The molecule has 1 heterocycles. The Bertz CT molecular complexity index is 1040. The van der Waals surface area contributed by atoms with Gasteiger partial charge in [-0.25, -0.2) is 0 Å². The van der Waals surface area contributed by atoms with E-state index in [0.717, 1.165) is 50.0 Å². The Kier molecular flexibility index (Phi) is 5.54. The summed E-state index contributed by atoms with van der Waals surface area (Å²) in [5, 5.41) is 3.73. The molecule has 0 bridgehead atoms. The molecule has 1 N–H and O–H groups in total. The van der Waals surface area contributed by atoms with Crippen LogP contribution in [0.25, 0.3) is 11.0 Å². The lowest BCUT2D eigenvalue weighted by Crippen LogP contribution is -2.22. The van der Waals surface area contributed by atoms with Crippen LogP contribution in [0.1, 0.15) is 33.4 Å². The Morgan fingerprint density at radius 3 is 2.25 bits per heavy atom. The molecule has 0 saturated heterocycles. The van der Waals surface area contributed by atoms with E-state index in [9.17, 15) is 9.59 Å². The zero-order valence-corrected chi connectivity index (χ0v) is 16.9. The van der Waals surface area contributed by atoms with E-state index in [4.69, 9.17) is 9.15 Å². The number of hydrogen-bond acceptors (Lipinski definition) is 4. The van der Waals surface area contributed by atoms with Crippen LogP contribution in [-0.4, -0.2) is 18.5 Å². The molecule has 0 aliphatic rings. The molecule has 5 nitrogen and oxygen atoms in total. The Labute approximate surface area is 164 Å². The van der Waals surface area contributed by atoms with Crippen LogP contribution in [-0.2, 0) is 20.7 Å². The predicted octanol–water partition coefficient (Wildman–Crippen LogP) is 4.70. The lowest BCUT2D eigenvalue weighted by atomic mass is 10.0. The van der Waals surface area contributed by atoms with Crippen LogP contribution in [0, 0.1) is 34.6 Å². The number of aryl methyl sites for hydroxylation is 5. The van der Waals surface area contributed by atoms with Crippen LogP contribution in [0.5, 0.6) is 0 Å². The Balaban J connectivity index is 1.60. The molecule has 0 spiro atoms. The van der Waals surface area contributed by atoms with Crippen molar-refractivity contribution in [2.75, 3.05) is 11.9 Å². The van der Waals surface area contributed by atoms with Gasteiger partial charge in [0.15, 0.2) is 6.61 Å². The van der Waals surface area contributed by atoms with Crippen LogP contribution in [0.2, 0.25) is 0 Å². The summed E-state index contributed by atoms with van der Waals surface area (Å²) in [7, 11) is 0. The number of ether oxygens (including phenoxy) is 1. The summed E-state index contributed by atoms with van der Waals surface area (Å²) >= 11 is 0. The molecule has 0 radical (unpaired) electrons. The Morgan fingerprint density at radius 2 is 1.57 bits per heavy atom. The average molecular weight is 379 g/mol. The van der Waals surface area contributed by atoms with Gasteiger partial charge < -0.3 is 14.5 Å². The highest BCUT2D eigenvalue weighted by Crippen LogP contribution is 2.25. The minimum absolute atomic E-state index is 0.0609. The minimum atomic E-state index is -0.464. The van der Waals surface area contributed by atoms with E-state index >= 15 is 0 Å². The second-order valence-electron chi connectivity index (χ2n) is 7.35. The Morgan fingerprint density at radius 1 is 0.929 bits per heavy atom. The van der Waals surface area contributed by atoms with Crippen molar-refractivity contribution in [3.63, 3.8) is 0 Å². The van der Waals surface area contributed by atoms with Crippen molar-refractivity contribution in [3.05, 3.63) is 63.9 Å². The molecule has 0 atom stereocenters. The van der Waals surface area contributed by atoms with Gasteiger partial charge in [0.1, 0.15) is 5.58 Å². The molecule has 1 aromatic heterocycles. The second-order valence-corrected chi connectivity index (χ2v) is 7.35. The van der Waals surface area contributed by atoms with E-state index in [1.54, 1.807) is 6.26 Å². The average Bonchev–Trinajstić information content (AvgIpc) is 2.98. The normalized spacial score (nSPS) is 10.9. The summed E-state index contributed by atoms with van der Waals surface area (Å²) in [6.07, 6.45) is 1.63. The molecule has 0 unspecified atom stereocenters. The van der Waals surface area contributed by atoms with E-state index in [-0.39, 0.29) is 18.9 Å². The minimum Gasteiger partial charge on any atom is -0.464 e. The lowest BCUT2D eigenvalue weighted by molar-refractivity contribution is -0.146. The van der Waals surface area contributed by atoms with Crippen molar-refractivity contribution < 1.29 is 18.7 Å². The number of rotatable bonds is 5. The number of hydrogen-bond donors (Lipinski definition) is 1. The van der Waals surface area contributed by atoms with Gasteiger partial charge >= 0.3 is 5.97 Å². The van der Waals surface area contributed by atoms with E-state index in [2.05, 4.69) is 5.32 Å². The van der Waals surface area contributed by atoms with E-state index < -0.39 is 5.97 Å². The van der Waals surface area contributed by atoms with Crippen LogP contribution in [0.3, 0.4) is 0 Å². The smallest absolute Gasteiger partial charge is 0.310 e. The largest absolute Gasteiger partial charge is 0.464 e. The molecule has 28 heavy (non-hydrogen) atoms. The zero-order valence-electron chi connectivity index (χ0n) is 16.9. The van der Waals surface area contributed by atoms with Gasteiger partial charge in [0.2, 0.25) is 0 Å². The third-order valence-electron chi connectivity index (χ3n) is 4.91. The molecule has 3 aromatic rings. The quantitative estimate of drug-likeness (QED) is 0.653. The van der Waals surface area contributed by atoms with Crippen LogP contribution >= 0.6 is 0 Å². The Hall–Kier alpha value is -3.08. The van der Waals surface area contributed by atoms with Gasteiger partial charge in [0, 0.05) is 16.6 Å². The number of esters is 1. The highest BCUT2D eigenvalue weighted by atomic mass is 16.5. The fourth-order valence-corrected chi connectivity index (χ4v) is 3.38. The van der Waals surface area contributed by atoms with E-state index in [1.165, 1.54) is 0 Å². The third-order valence-corrected chi connectivity index (χ3v) is 4.91. The first kappa shape index (κ1) is 19.7. The van der Waals surface area contributed by atoms with Crippen molar-refractivity contribution in [1.82, 2.24) is 0 Å². The first-order valence-electron chi connectivity index (χ1n) is 9.25. The number of carbonyl (C=O) groups excluding carboxylic acids is 2. The maximum absolute atomic E-state index is 12.2. The number of fused-ring (bicyclic) bond motifs is 1. The standard InChI is InChI=1S/C23H25NO4/c1-13-6-16(4)23(17(5)7-13)24-21(25)12-28-22(26)10-18-11-27-20-9-15(3)14(2)8-19(18)20/h6-9,11H,10,12H2,1-5H3,(H,24,25). The maximum atomic E-state index is 12.2. The number of amides is 1. The van der Waals surface area contributed by atoms with Crippen molar-refractivity contribution in [2.24, 2.45) is 0 Å². The number of nitrogens with one attached hydrogen (secondary N) is 1. The summed E-state index contributed by atoms with van der Waals surface area (Å²) in [6.45, 7) is 9.60. The van der Waals surface area contributed by atoms with Crippen LogP contribution in [0.15, 0.2) is 34.9 Å².